The summed E-state index contributed by atoms with van der Waals surface area (Å²) in [7, 11) is 0. The quantitative estimate of drug-likeness (QED) is 0.162. The molecular formula is C8H13IN5O2S2-. The predicted molar refractivity (Wildman–Crippen MR) is 68.7 cm³/mol. The van der Waals surface area contributed by atoms with Gasteiger partial charge in [0.1, 0.15) is 0 Å². The van der Waals surface area contributed by atoms with E-state index < -0.39 is 5.97 Å². The fraction of sp³-hybridized carbons (Fsp3) is 0.500. The highest BCUT2D eigenvalue weighted by atomic mass is 127. The van der Waals surface area contributed by atoms with Gasteiger partial charge in [-0.1, -0.05) is 11.8 Å². The molecule has 1 aromatic heterocycles. The van der Waals surface area contributed by atoms with Crippen molar-refractivity contribution >= 4 is 40.4 Å². The normalized spacial score (nSPS) is 9.39. The van der Waals surface area contributed by atoms with Crippen molar-refractivity contribution < 1.29 is 33.5 Å². The van der Waals surface area contributed by atoms with Crippen LogP contribution < -0.4 is 35.0 Å². The van der Waals surface area contributed by atoms with Crippen LogP contribution in [0.3, 0.4) is 0 Å². The van der Waals surface area contributed by atoms with Crippen LogP contribution in [0.15, 0.2) is 0 Å². The zero-order valence-corrected chi connectivity index (χ0v) is 13.4. The Kier molecular flexibility index (Phi) is 9.01. The first kappa shape index (κ1) is 17.4. The number of aromatic nitrogens is 2. The monoisotopic (exact) mass is 402 g/mol. The Hall–Kier alpha value is -0.620. The van der Waals surface area contributed by atoms with Gasteiger partial charge in [-0.25, -0.2) is 4.79 Å². The Morgan fingerprint density at radius 2 is 2.33 bits per heavy atom. The molecule has 10 heteroatoms. The largest absolute Gasteiger partial charge is 1.00 e. The average Bonchev–Trinajstić information content (AvgIpc) is 2.72. The van der Waals surface area contributed by atoms with Crippen LogP contribution in [0.25, 0.3) is 0 Å². The second kappa shape index (κ2) is 9.33. The van der Waals surface area contributed by atoms with Crippen LogP contribution >= 0.6 is 23.5 Å². The van der Waals surface area contributed by atoms with E-state index in [0.717, 1.165) is 11.7 Å². The molecule has 0 aliphatic heterocycles. The van der Waals surface area contributed by atoms with Crippen LogP contribution in [0.2, 0.25) is 0 Å². The van der Waals surface area contributed by atoms with E-state index in [1.807, 2.05) is 0 Å². The molecular weight excluding hydrogens is 389 g/mol. The molecule has 0 bridgehead atoms. The van der Waals surface area contributed by atoms with Gasteiger partial charge in [0.2, 0.25) is 5.69 Å². The zero-order chi connectivity index (χ0) is 12.7. The Morgan fingerprint density at radius 3 is 2.94 bits per heavy atom. The first-order chi connectivity index (χ1) is 8.15. The van der Waals surface area contributed by atoms with E-state index in [1.165, 1.54) is 11.8 Å². The number of hydrogen-bond acceptors (Lipinski definition) is 8. The van der Waals surface area contributed by atoms with Crippen molar-refractivity contribution in [2.45, 2.75) is 6.92 Å². The Morgan fingerprint density at radius 1 is 1.61 bits per heavy atom. The number of hydrogen-bond donors (Lipinski definition) is 3. The van der Waals surface area contributed by atoms with Crippen molar-refractivity contribution in [2.24, 2.45) is 5.73 Å². The molecule has 4 N–H and O–H groups in total. The molecule has 0 aliphatic rings. The Labute approximate surface area is 130 Å². The van der Waals surface area contributed by atoms with E-state index in [9.17, 15) is 4.79 Å². The van der Waals surface area contributed by atoms with E-state index in [4.69, 9.17) is 15.9 Å². The van der Waals surface area contributed by atoms with Gasteiger partial charge in [0.05, 0.1) is 18.3 Å². The lowest BCUT2D eigenvalue weighted by Gasteiger charge is -2.04. The summed E-state index contributed by atoms with van der Waals surface area (Å²) in [6, 6.07) is 0. The maximum absolute atomic E-state index is 11.5. The second-order valence-electron chi connectivity index (χ2n) is 2.82. The van der Waals surface area contributed by atoms with Crippen LogP contribution in [0.4, 0.5) is 5.82 Å². The highest BCUT2D eigenvalue weighted by molar-refractivity contribution is 8.13. The third kappa shape index (κ3) is 5.82. The molecule has 0 saturated heterocycles. The van der Waals surface area contributed by atoms with Crippen LogP contribution in [0, 0.1) is 5.41 Å². The lowest BCUT2D eigenvalue weighted by molar-refractivity contribution is -0.0000220. The standard InChI is InChI=1S/C8H13N5O2S2.HI/c1-2-15-7(14)5-6(13-17-12-5)11-3-4-16-8(9)10;/h2-4H2,1H3,(H3,9,10)(H,11,13);1H/p-1. The van der Waals surface area contributed by atoms with Crippen molar-refractivity contribution in [3.8, 4) is 0 Å². The number of nitrogens with two attached hydrogens (primary N) is 1. The van der Waals surface area contributed by atoms with Crippen LogP contribution in [0.1, 0.15) is 17.4 Å². The fourth-order valence-electron chi connectivity index (χ4n) is 0.968. The van der Waals surface area contributed by atoms with Gasteiger partial charge in [-0.2, -0.15) is 8.75 Å². The summed E-state index contributed by atoms with van der Waals surface area (Å²) in [4.78, 5) is 11.5. The van der Waals surface area contributed by atoms with Gasteiger partial charge in [0.25, 0.3) is 0 Å². The van der Waals surface area contributed by atoms with E-state index in [1.54, 1.807) is 6.92 Å². The van der Waals surface area contributed by atoms with Gasteiger partial charge in [-0.05, 0) is 6.92 Å². The first-order valence-corrected chi connectivity index (χ1v) is 6.57. The van der Waals surface area contributed by atoms with Gasteiger partial charge in [-0.3, -0.25) is 5.41 Å². The van der Waals surface area contributed by atoms with E-state index in [2.05, 4.69) is 14.1 Å². The first-order valence-electron chi connectivity index (χ1n) is 4.85. The van der Waals surface area contributed by atoms with E-state index in [0.29, 0.717) is 24.7 Å². The number of nitrogens with one attached hydrogen (secondary N) is 2. The SMILES string of the molecule is CCOC(=O)c1nsnc1NCCSC(=N)N.[I-]. The van der Waals surface area contributed by atoms with Gasteiger partial charge in [0, 0.05) is 12.3 Å². The maximum Gasteiger partial charge on any atom is 0.361 e. The smallest absolute Gasteiger partial charge is 0.361 e. The fourth-order valence-corrected chi connectivity index (χ4v) is 1.91. The molecule has 0 amide bonds. The number of ether oxygens (including phenoxy) is 1. The topological polar surface area (TPSA) is 114 Å². The van der Waals surface area contributed by atoms with Crippen molar-refractivity contribution in [3.63, 3.8) is 0 Å². The molecule has 0 aromatic carbocycles. The second-order valence-corrected chi connectivity index (χ2v) is 4.49. The molecule has 0 radical (unpaired) electrons. The van der Waals surface area contributed by atoms with Gasteiger partial charge >= 0.3 is 5.97 Å². The van der Waals surface area contributed by atoms with Crippen molar-refractivity contribution in [2.75, 3.05) is 24.2 Å². The third-order valence-corrected chi connectivity index (χ3v) is 2.86. The van der Waals surface area contributed by atoms with Crippen LogP contribution in [-0.4, -0.2) is 38.8 Å². The molecule has 1 rings (SSSR count). The lowest BCUT2D eigenvalue weighted by atomic mass is 10.4. The molecule has 18 heavy (non-hydrogen) atoms. The number of carbonyl (C=O) groups excluding carboxylic acids is 1. The summed E-state index contributed by atoms with van der Waals surface area (Å²) in [5.41, 5.74) is 5.39. The summed E-state index contributed by atoms with van der Waals surface area (Å²) < 4.78 is 12.7. The number of amidine groups is 1. The number of carbonyl (C=O) groups is 1. The summed E-state index contributed by atoms with van der Waals surface area (Å²) in [5, 5.41) is 10.0. The minimum Gasteiger partial charge on any atom is -1.00 e. The van der Waals surface area contributed by atoms with Crippen LogP contribution in [-0.2, 0) is 4.74 Å². The molecule has 7 nitrogen and oxygen atoms in total. The minimum absolute atomic E-state index is 0. The molecule has 1 aromatic rings. The minimum atomic E-state index is -0.483. The van der Waals surface area contributed by atoms with Crippen molar-refractivity contribution in [3.05, 3.63) is 5.69 Å². The molecule has 0 spiro atoms. The predicted octanol–water partition coefficient (Wildman–Crippen LogP) is -2.24. The van der Waals surface area contributed by atoms with E-state index in [-0.39, 0.29) is 34.8 Å². The third-order valence-electron chi connectivity index (χ3n) is 1.61. The summed E-state index contributed by atoms with van der Waals surface area (Å²) in [6.07, 6.45) is 0. The van der Waals surface area contributed by atoms with E-state index >= 15 is 0 Å². The lowest BCUT2D eigenvalue weighted by Crippen LogP contribution is -3.00. The Balaban J connectivity index is 0.00000289. The average molecular weight is 402 g/mol. The molecule has 1 heterocycles. The zero-order valence-electron chi connectivity index (χ0n) is 9.60. The van der Waals surface area contributed by atoms with Gasteiger partial charge in [-0.15, -0.1) is 0 Å². The molecule has 0 unspecified atom stereocenters. The highest BCUT2D eigenvalue weighted by Gasteiger charge is 2.17. The number of thioether (sulfide) groups is 1. The molecule has 102 valence electrons. The molecule has 0 saturated carbocycles. The van der Waals surface area contributed by atoms with Crippen molar-refractivity contribution in [1.82, 2.24) is 8.75 Å². The number of anilines is 1. The number of rotatable bonds is 6. The van der Waals surface area contributed by atoms with Gasteiger partial charge in [0.15, 0.2) is 11.0 Å². The molecule has 0 atom stereocenters. The molecule has 0 fully saturated rings. The number of esters is 1. The summed E-state index contributed by atoms with van der Waals surface area (Å²) in [5.74, 6) is 0.551. The summed E-state index contributed by atoms with van der Waals surface area (Å²) in [6.45, 7) is 2.58. The number of halogens is 1. The highest BCUT2D eigenvalue weighted by Crippen LogP contribution is 2.13. The summed E-state index contributed by atoms with van der Waals surface area (Å²) >= 11 is 2.16. The Bertz CT molecular complexity index is 401. The number of nitrogens with zero attached hydrogens (tertiary/aromatic N) is 2. The van der Waals surface area contributed by atoms with Crippen LogP contribution in [0.5, 0.6) is 0 Å². The maximum atomic E-state index is 11.5. The molecule has 0 aliphatic carbocycles. The van der Waals surface area contributed by atoms with Crippen molar-refractivity contribution in [1.29, 1.82) is 5.41 Å². The van der Waals surface area contributed by atoms with Gasteiger partial charge < -0.3 is 39.8 Å².